The zero-order valence-electron chi connectivity index (χ0n) is 19.7. The summed E-state index contributed by atoms with van der Waals surface area (Å²) in [5, 5.41) is 11.9. The lowest BCUT2D eigenvalue weighted by molar-refractivity contribution is -0.140. The molecule has 1 unspecified atom stereocenters. The number of aliphatic hydroxyl groups is 1. The first kappa shape index (κ1) is 26.1. The minimum Gasteiger partial charge on any atom is -0.507 e. The average molecular weight is 505 g/mol. The number of hydrogen-bond acceptors (Lipinski definition) is 5. The van der Waals surface area contributed by atoms with Crippen LogP contribution in [0.15, 0.2) is 48.0 Å². The number of rotatable bonds is 10. The van der Waals surface area contributed by atoms with Gasteiger partial charge in [0, 0.05) is 12.1 Å². The number of Topliss-reactive ketones (excluding diaryl/α,β-unsaturated/α-hetero) is 1. The molecule has 1 saturated heterocycles. The Morgan fingerprint density at radius 2 is 1.79 bits per heavy atom. The number of halogens is 2. The van der Waals surface area contributed by atoms with E-state index in [2.05, 4.69) is 18.7 Å². The second-order valence-electron chi connectivity index (χ2n) is 8.01. The number of benzene rings is 2. The van der Waals surface area contributed by atoms with Gasteiger partial charge in [0.25, 0.3) is 11.7 Å². The summed E-state index contributed by atoms with van der Waals surface area (Å²) < 4.78 is 5.53. The predicted octanol–water partition coefficient (Wildman–Crippen LogP) is 5.55. The highest BCUT2D eigenvalue weighted by atomic mass is 35.5. The van der Waals surface area contributed by atoms with Gasteiger partial charge in [0.2, 0.25) is 0 Å². The van der Waals surface area contributed by atoms with Gasteiger partial charge in [0.15, 0.2) is 0 Å². The summed E-state index contributed by atoms with van der Waals surface area (Å²) in [5.74, 6) is -1.05. The van der Waals surface area contributed by atoms with Crippen molar-refractivity contribution in [2.24, 2.45) is 0 Å². The monoisotopic (exact) mass is 504 g/mol. The minimum atomic E-state index is -0.776. The van der Waals surface area contributed by atoms with Crippen LogP contribution < -0.4 is 4.74 Å². The third kappa shape index (κ3) is 5.57. The van der Waals surface area contributed by atoms with E-state index >= 15 is 0 Å². The fourth-order valence-corrected chi connectivity index (χ4v) is 4.51. The van der Waals surface area contributed by atoms with Gasteiger partial charge in [-0.3, -0.25) is 9.59 Å². The molecule has 1 heterocycles. The third-order valence-electron chi connectivity index (χ3n) is 5.99. The number of aliphatic hydroxyl groups excluding tert-OH is 1. The lowest BCUT2D eigenvalue weighted by Gasteiger charge is -2.27. The van der Waals surface area contributed by atoms with Crippen LogP contribution in [-0.2, 0) is 9.59 Å². The highest BCUT2D eigenvalue weighted by Crippen LogP contribution is 2.41. The number of ether oxygens (including phenoxy) is 1. The molecular formula is C26H30Cl2N2O4. The number of carbonyl (C=O) groups is 2. The van der Waals surface area contributed by atoms with Crippen molar-refractivity contribution in [3.8, 4) is 5.75 Å². The first-order valence-electron chi connectivity index (χ1n) is 11.5. The van der Waals surface area contributed by atoms with Crippen LogP contribution in [0.4, 0.5) is 0 Å². The Balaban J connectivity index is 2.06. The lowest BCUT2D eigenvalue weighted by atomic mass is 9.95. The Bertz CT molecular complexity index is 1080. The first-order valence-corrected chi connectivity index (χ1v) is 12.3. The molecule has 1 aliphatic rings. The van der Waals surface area contributed by atoms with E-state index in [1.54, 1.807) is 42.5 Å². The van der Waals surface area contributed by atoms with E-state index in [-0.39, 0.29) is 11.3 Å². The van der Waals surface area contributed by atoms with Crippen LogP contribution in [-0.4, -0.2) is 59.4 Å². The Morgan fingerprint density at radius 1 is 1.06 bits per heavy atom. The number of carbonyl (C=O) groups excluding carboxylic acids is 2. The molecule has 2 aromatic rings. The van der Waals surface area contributed by atoms with Gasteiger partial charge in [0.1, 0.15) is 11.5 Å². The van der Waals surface area contributed by atoms with Gasteiger partial charge in [-0.25, -0.2) is 0 Å². The smallest absolute Gasteiger partial charge is 0.295 e. The molecule has 1 amide bonds. The maximum Gasteiger partial charge on any atom is 0.295 e. The summed E-state index contributed by atoms with van der Waals surface area (Å²) in [6.45, 7) is 9.46. The van der Waals surface area contributed by atoms with Gasteiger partial charge >= 0.3 is 0 Å². The normalized spacial score (nSPS) is 17.6. The molecule has 1 aliphatic heterocycles. The summed E-state index contributed by atoms with van der Waals surface area (Å²) in [6, 6.07) is 11.0. The Labute approximate surface area is 210 Å². The maximum atomic E-state index is 13.2. The summed E-state index contributed by atoms with van der Waals surface area (Å²) in [5.41, 5.74) is 1.04. The standard InChI is InChI=1S/C26H30Cl2N2O4/c1-4-29(5-2)13-8-14-30-23(17-11-12-20(27)21(28)16-17)22(25(32)26(30)33)24(31)18-9-7-10-19(15-18)34-6-3/h7,9-12,15-16,23,31H,4-6,8,13-14H2,1-3H3. The number of hydrogen-bond donors (Lipinski definition) is 1. The summed E-state index contributed by atoms with van der Waals surface area (Å²) in [4.78, 5) is 30.1. The lowest BCUT2D eigenvalue weighted by Crippen LogP contribution is -2.33. The fraction of sp³-hybridized carbons (Fsp3) is 0.385. The highest BCUT2D eigenvalue weighted by molar-refractivity contribution is 6.46. The fourth-order valence-electron chi connectivity index (χ4n) is 4.20. The van der Waals surface area contributed by atoms with E-state index in [1.165, 1.54) is 4.90 Å². The van der Waals surface area contributed by atoms with Gasteiger partial charge in [-0.2, -0.15) is 0 Å². The van der Waals surface area contributed by atoms with Crippen LogP contribution in [0.25, 0.3) is 5.76 Å². The SMILES string of the molecule is CCOc1cccc(C(O)=C2C(=O)C(=O)N(CCCN(CC)CC)C2c2ccc(Cl)c(Cl)c2)c1. The molecule has 0 radical (unpaired) electrons. The zero-order valence-corrected chi connectivity index (χ0v) is 21.2. The van der Waals surface area contributed by atoms with Crippen molar-refractivity contribution in [1.82, 2.24) is 9.80 Å². The van der Waals surface area contributed by atoms with Crippen molar-refractivity contribution in [2.45, 2.75) is 33.2 Å². The molecular weight excluding hydrogens is 475 g/mol. The van der Waals surface area contributed by atoms with Crippen molar-refractivity contribution in [3.63, 3.8) is 0 Å². The van der Waals surface area contributed by atoms with Crippen molar-refractivity contribution >= 4 is 40.7 Å². The molecule has 3 rings (SSSR count). The quantitative estimate of drug-likeness (QED) is 0.261. The molecule has 8 heteroatoms. The molecule has 2 aromatic carbocycles. The van der Waals surface area contributed by atoms with Crippen LogP contribution in [0.2, 0.25) is 10.0 Å². The molecule has 0 aromatic heterocycles. The molecule has 6 nitrogen and oxygen atoms in total. The van der Waals surface area contributed by atoms with Crippen LogP contribution in [0.3, 0.4) is 0 Å². The highest BCUT2D eigenvalue weighted by Gasteiger charge is 2.46. The summed E-state index contributed by atoms with van der Waals surface area (Å²) >= 11 is 12.4. The predicted molar refractivity (Wildman–Crippen MR) is 135 cm³/mol. The minimum absolute atomic E-state index is 0.0277. The summed E-state index contributed by atoms with van der Waals surface area (Å²) in [7, 11) is 0. The molecule has 1 fully saturated rings. The molecule has 1 N–H and O–H groups in total. The van der Waals surface area contributed by atoms with Crippen molar-refractivity contribution in [3.05, 3.63) is 69.2 Å². The average Bonchev–Trinajstić information content (AvgIpc) is 3.08. The molecule has 1 atom stereocenters. The van der Waals surface area contributed by atoms with Gasteiger partial charge in [-0.1, -0.05) is 55.2 Å². The van der Waals surface area contributed by atoms with E-state index in [0.29, 0.717) is 46.5 Å². The number of likely N-dealkylation sites (tertiary alicyclic amines) is 1. The Morgan fingerprint density at radius 3 is 2.44 bits per heavy atom. The van der Waals surface area contributed by atoms with Gasteiger partial charge in [-0.15, -0.1) is 0 Å². The number of amides is 1. The second kappa shape index (κ2) is 11.7. The Hall–Kier alpha value is -2.54. The van der Waals surface area contributed by atoms with Crippen molar-refractivity contribution in [1.29, 1.82) is 0 Å². The van der Waals surface area contributed by atoms with Crippen LogP contribution in [0, 0.1) is 0 Å². The Kier molecular flexibility index (Phi) is 9.00. The summed E-state index contributed by atoms with van der Waals surface area (Å²) in [6.07, 6.45) is 0.687. The van der Waals surface area contributed by atoms with Crippen LogP contribution in [0.5, 0.6) is 5.75 Å². The second-order valence-corrected chi connectivity index (χ2v) is 8.82. The maximum absolute atomic E-state index is 13.2. The molecule has 0 saturated carbocycles. The molecule has 34 heavy (non-hydrogen) atoms. The van der Waals surface area contributed by atoms with Gasteiger partial charge < -0.3 is 19.6 Å². The van der Waals surface area contributed by atoms with E-state index in [0.717, 1.165) is 19.6 Å². The van der Waals surface area contributed by atoms with Crippen LogP contribution in [0.1, 0.15) is 44.4 Å². The first-order chi connectivity index (χ1) is 16.3. The third-order valence-corrected chi connectivity index (χ3v) is 6.72. The molecule has 182 valence electrons. The van der Waals surface area contributed by atoms with E-state index in [9.17, 15) is 14.7 Å². The largest absolute Gasteiger partial charge is 0.507 e. The molecule has 0 bridgehead atoms. The number of nitrogens with zero attached hydrogens (tertiary/aromatic N) is 2. The topological polar surface area (TPSA) is 70.1 Å². The zero-order chi connectivity index (χ0) is 24.8. The molecule has 0 spiro atoms. The molecule has 0 aliphatic carbocycles. The van der Waals surface area contributed by atoms with Crippen molar-refractivity contribution < 1.29 is 19.4 Å². The van der Waals surface area contributed by atoms with Gasteiger partial charge in [0.05, 0.1) is 28.3 Å². The van der Waals surface area contributed by atoms with E-state index in [1.807, 2.05) is 6.92 Å². The van der Waals surface area contributed by atoms with E-state index in [4.69, 9.17) is 27.9 Å². The van der Waals surface area contributed by atoms with Gasteiger partial charge in [-0.05, 0) is 62.8 Å². The van der Waals surface area contributed by atoms with Crippen molar-refractivity contribution in [2.75, 3.05) is 32.8 Å². The van der Waals surface area contributed by atoms with Crippen LogP contribution >= 0.6 is 23.2 Å². The number of ketones is 1. The van der Waals surface area contributed by atoms with E-state index < -0.39 is 17.7 Å².